The van der Waals surface area contributed by atoms with Gasteiger partial charge in [0.2, 0.25) is 0 Å². The van der Waals surface area contributed by atoms with Crippen molar-refractivity contribution in [2.24, 2.45) is 0 Å². The summed E-state index contributed by atoms with van der Waals surface area (Å²) in [6.07, 6.45) is 0. The fourth-order valence-corrected chi connectivity index (χ4v) is 3.74. The molecular weight excluding hydrogens is 315 g/mol. The lowest BCUT2D eigenvalue weighted by molar-refractivity contribution is 0.455. The lowest BCUT2D eigenvalue weighted by Gasteiger charge is -2.33. The molecule has 0 radical (unpaired) electrons. The maximum absolute atomic E-state index is 10.6. The van der Waals surface area contributed by atoms with Crippen LogP contribution < -0.4 is 0 Å². The first-order valence-electron chi connectivity index (χ1n) is 7.87. The maximum Gasteiger partial charge on any atom is 0.120 e. The first-order chi connectivity index (χ1) is 11.4. The molecular formula is C21H21O2P. The van der Waals surface area contributed by atoms with Crippen molar-refractivity contribution in [2.45, 2.75) is 19.0 Å². The van der Waals surface area contributed by atoms with Crippen LogP contribution in [0.15, 0.2) is 66.7 Å². The van der Waals surface area contributed by atoms with Crippen LogP contribution in [0.4, 0.5) is 0 Å². The first-order valence-corrected chi connectivity index (χ1v) is 8.45. The SMILES string of the molecule is Cc1ccc(O)c(C(P)(c2ccccc2)c2cc(C)ccc2O)c1. The summed E-state index contributed by atoms with van der Waals surface area (Å²) in [5.41, 5.74) is 4.59. The van der Waals surface area contributed by atoms with E-state index in [0.29, 0.717) is 0 Å². The van der Waals surface area contributed by atoms with Crippen molar-refractivity contribution in [1.82, 2.24) is 0 Å². The molecule has 2 N–H and O–H groups in total. The fraction of sp³-hybridized carbons (Fsp3) is 0.143. The van der Waals surface area contributed by atoms with E-state index in [1.807, 2.05) is 68.4 Å². The summed E-state index contributed by atoms with van der Waals surface area (Å²) in [4.78, 5) is 0. The predicted molar refractivity (Wildman–Crippen MR) is 102 cm³/mol. The minimum atomic E-state index is -0.743. The molecule has 0 aromatic heterocycles. The monoisotopic (exact) mass is 336 g/mol. The van der Waals surface area contributed by atoms with Crippen molar-refractivity contribution < 1.29 is 10.2 Å². The third-order valence-electron chi connectivity index (χ3n) is 4.38. The summed E-state index contributed by atoms with van der Waals surface area (Å²) < 4.78 is 0. The minimum Gasteiger partial charge on any atom is -0.508 e. The third kappa shape index (κ3) is 2.79. The summed E-state index contributed by atoms with van der Waals surface area (Å²) in [5, 5.41) is 20.4. The zero-order chi connectivity index (χ0) is 17.3. The summed E-state index contributed by atoms with van der Waals surface area (Å²) in [7, 11) is 2.85. The van der Waals surface area contributed by atoms with Gasteiger partial charge in [-0.05, 0) is 31.5 Å². The van der Waals surface area contributed by atoms with Gasteiger partial charge in [0, 0.05) is 11.1 Å². The molecule has 0 saturated heterocycles. The average Bonchev–Trinajstić information content (AvgIpc) is 2.59. The van der Waals surface area contributed by atoms with Gasteiger partial charge in [-0.25, -0.2) is 0 Å². The van der Waals surface area contributed by atoms with Crippen LogP contribution >= 0.6 is 9.24 Å². The van der Waals surface area contributed by atoms with Gasteiger partial charge >= 0.3 is 0 Å². The molecule has 3 aromatic rings. The molecule has 3 aromatic carbocycles. The molecule has 1 atom stereocenters. The van der Waals surface area contributed by atoms with Crippen molar-refractivity contribution in [3.8, 4) is 11.5 Å². The number of benzene rings is 3. The summed E-state index contributed by atoms with van der Waals surface area (Å²) in [6.45, 7) is 3.99. The Morgan fingerprint density at radius 3 is 1.62 bits per heavy atom. The van der Waals surface area contributed by atoms with Crippen molar-refractivity contribution in [1.29, 1.82) is 0 Å². The zero-order valence-corrected chi connectivity index (χ0v) is 15.0. The van der Waals surface area contributed by atoms with Crippen molar-refractivity contribution in [2.75, 3.05) is 0 Å². The average molecular weight is 336 g/mol. The third-order valence-corrected chi connectivity index (χ3v) is 5.34. The fourth-order valence-electron chi connectivity index (χ4n) is 3.09. The molecule has 0 amide bonds. The molecule has 0 saturated carbocycles. The number of hydrogen-bond acceptors (Lipinski definition) is 2. The van der Waals surface area contributed by atoms with Crippen molar-refractivity contribution in [3.05, 3.63) is 94.5 Å². The number of aromatic hydroxyl groups is 2. The van der Waals surface area contributed by atoms with Gasteiger partial charge in [-0.15, -0.1) is 9.24 Å². The van der Waals surface area contributed by atoms with E-state index < -0.39 is 5.16 Å². The highest BCUT2D eigenvalue weighted by Crippen LogP contribution is 2.51. The van der Waals surface area contributed by atoms with Crippen molar-refractivity contribution >= 4 is 9.24 Å². The summed E-state index contributed by atoms with van der Waals surface area (Å²) >= 11 is 0. The molecule has 1 unspecified atom stereocenters. The molecule has 0 aliphatic carbocycles. The zero-order valence-electron chi connectivity index (χ0n) is 13.8. The van der Waals surface area contributed by atoms with Gasteiger partial charge in [-0.3, -0.25) is 0 Å². The predicted octanol–water partition coefficient (Wildman–Crippen LogP) is 4.88. The van der Waals surface area contributed by atoms with Gasteiger partial charge in [-0.2, -0.15) is 0 Å². The molecule has 3 rings (SSSR count). The Morgan fingerprint density at radius 1 is 0.708 bits per heavy atom. The molecule has 0 aliphatic rings. The van der Waals surface area contributed by atoms with E-state index in [4.69, 9.17) is 0 Å². The number of aryl methyl sites for hydroxylation is 2. The minimum absolute atomic E-state index is 0.209. The number of rotatable bonds is 3. The second kappa shape index (κ2) is 6.30. The largest absolute Gasteiger partial charge is 0.508 e. The van der Waals surface area contributed by atoms with Crippen LogP contribution in [0, 0.1) is 13.8 Å². The molecule has 0 spiro atoms. The van der Waals surface area contributed by atoms with E-state index in [9.17, 15) is 10.2 Å². The van der Waals surface area contributed by atoms with Gasteiger partial charge in [0.05, 0.1) is 5.16 Å². The van der Waals surface area contributed by atoms with E-state index in [2.05, 4.69) is 9.24 Å². The van der Waals surface area contributed by atoms with E-state index in [1.54, 1.807) is 12.1 Å². The van der Waals surface area contributed by atoms with Gasteiger partial charge in [0.1, 0.15) is 11.5 Å². The Hall–Kier alpha value is -2.31. The van der Waals surface area contributed by atoms with Gasteiger partial charge in [-0.1, -0.05) is 65.7 Å². The maximum atomic E-state index is 10.6. The van der Waals surface area contributed by atoms with Crippen LogP contribution in [0.1, 0.15) is 27.8 Å². The quantitative estimate of drug-likeness (QED) is 0.528. The second-order valence-electron chi connectivity index (χ2n) is 6.22. The van der Waals surface area contributed by atoms with Crippen LogP contribution in [-0.2, 0) is 5.16 Å². The standard InChI is InChI=1S/C21H21O2P/c1-14-8-10-19(22)17(12-14)21(24,16-6-4-3-5-7-16)18-13-15(2)9-11-20(18)23/h3-13,22-23H,24H2,1-2H3. The second-order valence-corrected chi connectivity index (χ2v) is 7.08. The van der Waals surface area contributed by atoms with E-state index in [0.717, 1.165) is 27.8 Å². The van der Waals surface area contributed by atoms with Crippen LogP contribution in [-0.4, -0.2) is 10.2 Å². The summed E-state index contributed by atoms with van der Waals surface area (Å²) in [5.74, 6) is 0.417. The number of phenols is 2. The molecule has 0 aliphatic heterocycles. The highest BCUT2D eigenvalue weighted by atomic mass is 31.0. The molecule has 122 valence electrons. The molecule has 0 fully saturated rings. The number of phenolic OH excluding ortho intramolecular Hbond substituents is 2. The topological polar surface area (TPSA) is 40.5 Å². The normalized spacial score (nSPS) is 11.5. The van der Waals surface area contributed by atoms with E-state index in [-0.39, 0.29) is 11.5 Å². The first kappa shape index (κ1) is 16.5. The highest BCUT2D eigenvalue weighted by molar-refractivity contribution is 7.19. The Morgan fingerprint density at radius 2 is 1.17 bits per heavy atom. The molecule has 0 bridgehead atoms. The Kier molecular flexibility index (Phi) is 4.34. The highest BCUT2D eigenvalue weighted by Gasteiger charge is 2.36. The molecule has 3 heteroatoms. The Balaban J connectivity index is 2.38. The lowest BCUT2D eigenvalue weighted by Crippen LogP contribution is -2.22. The summed E-state index contributed by atoms with van der Waals surface area (Å²) in [6, 6.07) is 21.0. The van der Waals surface area contributed by atoms with Gasteiger partial charge in [0.15, 0.2) is 0 Å². The van der Waals surface area contributed by atoms with E-state index >= 15 is 0 Å². The van der Waals surface area contributed by atoms with Gasteiger partial charge < -0.3 is 10.2 Å². The van der Waals surface area contributed by atoms with Crippen LogP contribution in [0.25, 0.3) is 0 Å². The molecule has 0 heterocycles. The van der Waals surface area contributed by atoms with Crippen molar-refractivity contribution in [3.63, 3.8) is 0 Å². The Labute approximate surface area is 145 Å². The van der Waals surface area contributed by atoms with Crippen LogP contribution in [0.5, 0.6) is 11.5 Å². The number of hydrogen-bond donors (Lipinski definition) is 2. The van der Waals surface area contributed by atoms with Crippen LogP contribution in [0.3, 0.4) is 0 Å². The van der Waals surface area contributed by atoms with E-state index in [1.165, 1.54) is 0 Å². The smallest absolute Gasteiger partial charge is 0.120 e. The lowest BCUT2D eigenvalue weighted by atomic mass is 9.82. The molecule has 24 heavy (non-hydrogen) atoms. The van der Waals surface area contributed by atoms with Crippen LogP contribution in [0.2, 0.25) is 0 Å². The Bertz CT molecular complexity index is 821. The molecule has 2 nitrogen and oxygen atoms in total. The van der Waals surface area contributed by atoms with Gasteiger partial charge in [0.25, 0.3) is 0 Å².